The third-order valence-electron chi connectivity index (χ3n) is 1.06. The molecule has 0 atom stereocenters. The fraction of sp³-hybridized carbons (Fsp3) is 0.400. The molecule has 0 aromatic heterocycles. The lowest BCUT2D eigenvalue weighted by atomic mass is 10.3. The fourth-order valence-corrected chi connectivity index (χ4v) is 1.46. The van der Waals surface area contributed by atoms with Crippen molar-refractivity contribution in [3.63, 3.8) is 0 Å². The van der Waals surface area contributed by atoms with Crippen molar-refractivity contribution >= 4 is 11.8 Å². The molecule has 0 unspecified atom stereocenters. The average molecular weight is 168 g/mol. The normalized spacial score (nSPS) is 11.3. The van der Waals surface area contributed by atoms with Gasteiger partial charge in [0, 0.05) is 4.91 Å². The summed E-state index contributed by atoms with van der Waals surface area (Å²) < 4.78 is 0. The third-order valence-corrected chi connectivity index (χ3v) is 2.29. The van der Waals surface area contributed by atoms with Gasteiger partial charge in [0.05, 0.1) is 0 Å². The summed E-state index contributed by atoms with van der Waals surface area (Å²) in [6.45, 7) is 11.7. The summed E-state index contributed by atoms with van der Waals surface area (Å²) in [5.74, 6) is 1.16. The molecule has 0 bridgehead atoms. The lowest BCUT2D eigenvalue weighted by Gasteiger charge is -1.99. The van der Waals surface area contributed by atoms with Crippen molar-refractivity contribution in [2.24, 2.45) is 0 Å². The Labute approximate surface area is 74.1 Å². The molecular formula is C10H16S. The van der Waals surface area contributed by atoms with E-state index in [4.69, 9.17) is 0 Å². The summed E-state index contributed by atoms with van der Waals surface area (Å²) in [4.78, 5) is 1.22. The molecule has 0 radical (unpaired) electrons. The van der Waals surface area contributed by atoms with Gasteiger partial charge in [0.1, 0.15) is 0 Å². The maximum absolute atomic E-state index is 3.81. The minimum absolute atomic E-state index is 1.09. The summed E-state index contributed by atoms with van der Waals surface area (Å²) in [5, 5.41) is 0. The molecule has 0 aliphatic rings. The zero-order valence-electron chi connectivity index (χ0n) is 7.39. The Morgan fingerprint density at radius 2 is 2.18 bits per heavy atom. The number of hydrogen-bond donors (Lipinski definition) is 0. The van der Waals surface area contributed by atoms with Crippen LogP contribution in [0, 0.1) is 0 Å². The largest absolute Gasteiger partial charge is 0.126 e. The molecule has 0 saturated carbocycles. The predicted octanol–water partition coefficient (Wildman–Crippen LogP) is 3.78. The summed E-state index contributed by atoms with van der Waals surface area (Å²) >= 11 is 1.83. The Morgan fingerprint density at radius 1 is 1.55 bits per heavy atom. The third kappa shape index (κ3) is 5.99. The van der Waals surface area contributed by atoms with Crippen molar-refractivity contribution in [2.45, 2.75) is 20.3 Å². The summed E-state index contributed by atoms with van der Waals surface area (Å²) in [6, 6.07) is 0. The molecular weight excluding hydrogens is 152 g/mol. The second kappa shape index (κ2) is 6.29. The molecule has 0 rings (SSSR count). The van der Waals surface area contributed by atoms with Gasteiger partial charge < -0.3 is 0 Å². The summed E-state index contributed by atoms with van der Waals surface area (Å²) in [6.07, 6.45) is 5.15. The van der Waals surface area contributed by atoms with Crippen molar-refractivity contribution in [3.05, 3.63) is 35.8 Å². The Bertz CT molecular complexity index is 166. The Morgan fingerprint density at radius 3 is 2.55 bits per heavy atom. The van der Waals surface area contributed by atoms with E-state index in [-0.39, 0.29) is 0 Å². The van der Waals surface area contributed by atoms with Gasteiger partial charge in [-0.3, -0.25) is 0 Å². The number of allylic oxidation sites excluding steroid dienone is 3. The second-order valence-electron chi connectivity index (χ2n) is 2.45. The van der Waals surface area contributed by atoms with E-state index in [0.29, 0.717) is 0 Å². The van der Waals surface area contributed by atoms with Crippen LogP contribution in [0.4, 0.5) is 0 Å². The van der Waals surface area contributed by atoms with Gasteiger partial charge in [0.25, 0.3) is 0 Å². The number of thioether (sulfide) groups is 1. The van der Waals surface area contributed by atoms with E-state index in [1.165, 1.54) is 11.3 Å². The van der Waals surface area contributed by atoms with Crippen LogP contribution in [0.2, 0.25) is 0 Å². The van der Waals surface area contributed by atoms with Gasteiger partial charge in [-0.15, -0.1) is 11.8 Å². The van der Waals surface area contributed by atoms with E-state index in [1.807, 2.05) is 24.8 Å². The maximum Gasteiger partial charge on any atom is 0.00684 e. The molecule has 1 heteroatoms. The molecule has 62 valence electrons. The molecule has 0 aliphatic heterocycles. The SMILES string of the molecule is C=C/C(=C\C(=C)C)SCCC. The first-order valence-corrected chi connectivity index (χ1v) is 4.81. The first-order valence-electron chi connectivity index (χ1n) is 3.83. The molecule has 0 heterocycles. The molecule has 0 aromatic carbocycles. The summed E-state index contributed by atoms with van der Waals surface area (Å²) in [5.41, 5.74) is 1.09. The molecule has 11 heavy (non-hydrogen) atoms. The van der Waals surface area contributed by atoms with Crippen LogP contribution in [0.25, 0.3) is 0 Å². The fourth-order valence-electron chi connectivity index (χ4n) is 0.622. The standard InChI is InChI=1S/C10H16S/c1-5-7-11-10(6-2)8-9(3)4/h6,8H,2-3,5,7H2,1,4H3/b10-8+. The van der Waals surface area contributed by atoms with Crippen LogP contribution in [-0.4, -0.2) is 5.75 Å². The van der Waals surface area contributed by atoms with Crippen molar-refractivity contribution < 1.29 is 0 Å². The average Bonchev–Trinajstić information content (AvgIpc) is 1.97. The van der Waals surface area contributed by atoms with Crippen LogP contribution in [0.3, 0.4) is 0 Å². The molecule has 0 spiro atoms. The first kappa shape index (κ1) is 10.6. The minimum Gasteiger partial charge on any atom is -0.126 e. The molecule has 0 aliphatic carbocycles. The molecule has 0 amide bonds. The smallest absolute Gasteiger partial charge is 0.00684 e. The van der Waals surface area contributed by atoms with Crippen molar-refractivity contribution in [1.82, 2.24) is 0 Å². The van der Waals surface area contributed by atoms with Crippen LogP contribution >= 0.6 is 11.8 Å². The van der Waals surface area contributed by atoms with Gasteiger partial charge in [0.15, 0.2) is 0 Å². The highest BCUT2D eigenvalue weighted by atomic mass is 32.2. The van der Waals surface area contributed by atoms with E-state index in [0.717, 1.165) is 11.3 Å². The zero-order valence-corrected chi connectivity index (χ0v) is 8.21. The van der Waals surface area contributed by atoms with Gasteiger partial charge >= 0.3 is 0 Å². The molecule has 0 aromatic rings. The van der Waals surface area contributed by atoms with Gasteiger partial charge in [-0.1, -0.05) is 31.7 Å². The highest BCUT2D eigenvalue weighted by Gasteiger charge is 1.90. The van der Waals surface area contributed by atoms with Crippen LogP contribution in [0.5, 0.6) is 0 Å². The Kier molecular flexibility index (Phi) is 6.05. The molecule has 0 N–H and O–H groups in total. The predicted molar refractivity (Wildman–Crippen MR) is 55.8 cm³/mol. The Hall–Kier alpha value is -0.430. The van der Waals surface area contributed by atoms with Gasteiger partial charge in [-0.05, 0) is 25.2 Å². The maximum atomic E-state index is 3.81. The molecule has 0 fully saturated rings. The van der Waals surface area contributed by atoms with E-state index in [1.54, 1.807) is 0 Å². The monoisotopic (exact) mass is 168 g/mol. The molecule has 0 saturated heterocycles. The van der Waals surface area contributed by atoms with Crippen LogP contribution in [0.15, 0.2) is 35.8 Å². The van der Waals surface area contributed by atoms with Crippen LogP contribution in [0.1, 0.15) is 20.3 Å². The highest BCUT2D eigenvalue weighted by Crippen LogP contribution is 2.18. The lowest BCUT2D eigenvalue weighted by Crippen LogP contribution is -1.76. The van der Waals surface area contributed by atoms with E-state index >= 15 is 0 Å². The van der Waals surface area contributed by atoms with E-state index in [9.17, 15) is 0 Å². The van der Waals surface area contributed by atoms with Crippen molar-refractivity contribution in [3.8, 4) is 0 Å². The number of rotatable bonds is 5. The highest BCUT2D eigenvalue weighted by molar-refractivity contribution is 8.03. The van der Waals surface area contributed by atoms with E-state index in [2.05, 4.69) is 26.2 Å². The van der Waals surface area contributed by atoms with Crippen molar-refractivity contribution in [2.75, 3.05) is 5.75 Å². The van der Waals surface area contributed by atoms with Gasteiger partial charge in [0.2, 0.25) is 0 Å². The zero-order chi connectivity index (χ0) is 8.69. The van der Waals surface area contributed by atoms with Crippen LogP contribution < -0.4 is 0 Å². The van der Waals surface area contributed by atoms with Gasteiger partial charge in [-0.25, -0.2) is 0 Å². The number of hydrogen-bond acceptors (Lipinski definition) is 1. The van der Waals surface area contributed by atoms with Crippen molar-refractivity contribution in [1.29, 1.82) is 0 Å². The Balaban J connectivity index is 3.94. The van der Waals surface area contributed by atoms with Crippen LogP contribution in [-0.2, 0) is 0 Å². The first-order chi connectivity index (χ1) is 5.20. The quantitative estimate of drug-likeness (QED) is 0.563. The topological polar surface area (TPSA) is 0 Å². The minimum atomic E-state index is 1.09. The lowest BCUT2D eigenvalue weighted by molar-refractivity contribution is 1.11. The van der Waals surface area contributed by atoms with E-state index < -0.39 is 0 Å². The second-order valence-corrected chi connectivity index (χ2v) is 3.61. The van der Waals surface area contributed by atoms with Gasteiger partial charge in [-0.2, -0.15) is 0 Å². The summed E-state index contributed by atoms with van der Waals surface area (Å²) in [7, 11) is 0. The molecule has 0 nitrogen and oxygen atoms in total.